The molecule has 0 aliphatic carbocycles. The first kappa shape index (κ1) is 21.4. The van der Waals surface area contributed by atoms with E-state index < -0.39 is 5.96 Å². The Labute approximate surface area is 189 Å². The number of benzene rings is 4. The molecular formula is C27H26ClO2P. The molecule has 0 saturated heterocycles. The molecule has 0 aliphatic rings. The fraction of sp³-hybridized carbons (Fsp3) is 0.111. The summed E-state index contributed by atoms with van der Waals surface area (Å²) in [5, 5.41) is 3.40. The van der Waals surface area contributed by atoms with Gasteiger partial charge in [-0.3, -0.25) is 0 Å². The van der Waals surface area contributed by atoms with Gasteiger partial charge >= 0.3 is 189 Å². The van der Waals surface area contributed by atoms with Crippen LogP contribution in [0.25, 0.3) is 0 Å². The van der Waals surface area contributed by atoms with Crippen molar-refractivity contribution < 1.29 is 9.47 Å². The van der Waals surface area contributed by atoms with E-state index in [1.807, 2.05) is 24.3 Å². The van der Waals surface area contributed by atoms with Gasteiger partial charge in [-0.1, -0.05) is 0 Å². The molecule has 158 valence electrons. The van der Waals surface area contributed by atoms with Gasteiger partial charge in [0.05, 0.1) is 0 Å². The molecule has 0 aromatic heterocycles. The summed E-state index contributed by atoms with van der Waals surface area (Å²) >= 11 is 8.15. The van der Waals surface area contributed by atoms with E-state index in [9.17, 15) is 0 Å². The molecule has 4 aromatic rings. The molecule has 0 unspecified atom stereocenters. The zero-order valence-electron chi connectivity index (χ0n) is 17.7. The van der Waals surface area contributed by atoms with Crippen LogP contribution in [0.2, 0.25) is 0 Å². The Morgan fingerprint density at radius 2 is 0.935 bits per heavy atom. The first-order valence-electron chi connectivity index (χ1n) is 10.2. The third-order valence-corrected chi connectivity index (χ3v) is 13.0. The van der Waals surface area contributed by atoms with Gasteiger partial charge in [0.1, 0.15) is 0 Å². The van der Waals surface area contributed by atoms with Crippen LogP contribution in [-0.4, -0.2) is 14.2 Å². The van der Waals surface area contributed by atoms with E-state index in [-0.39, 0.29) is 0 Å². The summed E-state index contributed by atoms with van der Waals surface area (Å²) in [5.41, 5.74) is 1.07. The molecule has 0 spiro atoms. The molecule has 0 atom stereocenters. The number of methoxy groups -OCH3 is 2. The van der Waals surface area contributed by atoms with Crippen molar-refractivity contribution in [3.05, 3.63) is 115 Å². The summed E-state index contributed by atoms with van der Waals surface area (Å²) in [6.45, 7) is 0. The third-order valence-electron chi connectivity index (χ3n) is 5.77. The molecule has 0 N–H and O–H groups in total. The molecule has 0 radical (unpaired) electrons. The average molecular weight is 449 g/mol. The van der Waals surface area contributed by atoms with Crippen LogP contribution in [0, 0.1) is 0 Å². The summed E-state index contributed by atoms with van der Waals surface area (Å²) < 4.78 is 11.1. The quantitative estimate of drug-likeness (QED) is 0.328. The van der Waals surface area contributed by atoms with Crippen molar-refractivity contribution in [2.45, 2.75) is 6.16 Å². The Kier molecular flexibility index (Phi) is 6.05. The van der Waals surface area contributed by atoms with Crippen LogP contribution in [0.5, 0.6) is 11.5 Å². The number of hydrogen-bond acceptors (Lipinski definition) is 2. The van der Waals surface area contributed by atoms with Crippen LogP contribution in [0.4, 0.5) is 0 Å². The Bertz CT molecular complexity index is 1030. The second-order valence-electron chi connectivity index (χ2n) is 7.57. The Morgan fingerprint density at radius 3 is 1.26 bits per heavy atom. The zero-order valence-corrected chi connectivity index (χ0v) is 19.4. The molecule has 0 saturated carbocycles. The van der Waals surface area contributed by atoms with E-state index in [2.05, 4.69) is 84.9 Å². The van der Waals surface area contributed by atoms with Crippen molar-refractivity contribution in [3.63, 3.8) is 0 Å². The second-order valence-corrected chi connectivity index (χ2v) is 14.0. The van der Waals surface area contributed by atoms with E-state index in [1.54, 1.807) is 14.2 Å². The molecule has 0 aliphatic heterocycles. The van der Waals surface area contributed by atoms with Crippen LogP contribution < -0.4 is 25.4 Å². The maximum absolute atomic E-state index is 8.15. The topological polar surface area (TPSA) is 18.5 Å². The molecular weight excluding hydrogens is 423 g/mol. The minimum atomic E-state index is -3.39. The normalized spacial score (nSPS) is 12.5. The minimum absolute atomic E-state index is 0.638. The van der Waals surface area contributed by atoms with Gasteiger partial charge in [-0.05, 0) is 0 Å². The Hall–Kier alpha value is -2.80. The van der Waals surface area contributed by atoms with Crippen LogP contribution in [0.15, 0.2) is 109 Å². The summed E-state index contributed by atoms with van der Waals surface area (Å²) in [6, 6.07) is 37.4. The van der Waals surface area contributed by atoms with Crippen LogP contribution >= 0.6 is 17.2 Å². The molecule has 4 rings (SSSR count). The predicted molar refractivity (Wildman–Crippen MR) is 134 cm³/mol. The van der Waals surface area contributed by atoms with Gasteiger partial charge in [-0.2, -0.15) is 0 Å². The van der Waals surface area contributed by atoms with Gasteiger partial charge in [0.15, 0.2) is 0 Å². The van der Waals surface area contributed by atoms with Gasteiger partial charge in [0.2, 0.25) is 0 Å². The Balaban J connectivity index is 2.07. The van der Waals surface area contributed by atoms with Crippen molar-refractivity contribution in [1.82, 2.24) is 0 Å². The fourth-order valence-corrected chi connectivity index (χ4v) is 10.4. The number of hydrogen-bond donors (Lipinski definition) is 0. The first-order valence-corrected chi connectivity index (χ1v) is 13.5. The molecule has 0 fully saturated rings. The molecule has 4 aromatic carbocycles. The second kappa shape index (κ2) is 8.75. The van der Waals surface area contributed by atoms with Gasteiger partial charge in [-0.25, -0.2) is 0 Å². The van der Waals surface area contributed by atoms with Crippen molar-refractivity contribution in [3.8, 4) is 11.5 Å². The van der Waals surface area contributed by atoms with Gasteiger partial charge in [0.25, 0.3) is 0 Å². The standard InChI is InChI=1S/C27H26ClO2P/c1-29-23-18-22(19-24(20-23)30-2)21-31(28,25-12-6-3-7-13-25,26-14-8-4-9-15-26)27-16-10-5-11-17-27/h3-20H,21H2,1-2H3. The molecule has 2 nitrogen and oxygen atoms in total. The van der Waals surface area contributed by atoms with Crippen LogP contribution in [0.1, 0.15) is 5.56 Å². The maximum atomic E-state index is 8.15. The monoisotopic (exact) mass is 448 g/mol. The predicted octanol–water partition coefficient (Wildman–Crippen LogP) is 5.89. The number of halogens is 1. The molecule has 4 heteroatoms. The summed E-state index contributed by atoms with van der Waals surface area (Å²) in [6.07, 6.45) is 0.638. The van der Waals surface area contributed by atoms with E-state index >= 15 is 0 Å². The average Bonchev–Trinajstić information content (AvgIpc) is 2.85. The third kappa shape index (κ3) is 3.83. The molecule has 31 heavy (non-hydrogen) atoms. The van der Waals surface area contributed by atoms with E-state index in [0.717, 1.165) is 33.0 Å². The van der Waals surface area contributed by atoms with Gasteiger partial charge in [-0.15, -0.1) is 0 Å². The van der Waals surface area contributed by atoms with Crippen molar-refractivity contribution in [2.75, 3.05) is 14.2 Å². The van der Waals surface area contributed by atoms with Crippen molar-refractivity contribution in [2.24, 2.45) is 0 Å². The Morgan fingerprint density at radius 1 is 0.581 bits per heavy atom. The fourth-order valence-electron chi connectivity index (χ4n) is 4.24. The van der Waals surface area contributed by atoms with Crippen LogP contribution in [0.3, 0.4) is 0 Å². The summed E-state index contributed by atoms with van der Waals surface area (Å²) in [7, 11) is 3.34. The van der Waals surface area contributed by atoms with Crippen molar-refractivity contribution >= 4 is 33.1 Å². The van der Waals surface area contributed by atoms with Gasteiger partial charge < -0.3 is 0 Å². The van der Waals surface area contributed by atoms with E-state index in [4.69, 9.17) is 20.7 Å². The SMILES string of the molecule is COc1cc(CP(Cl)(c2ccccc2)(c2ccccc2)c2ccccc2)cc(OC)c1. The molecule has 0 heterocycles. The summed E-state index contributed by atoms with van der Waals surface area (Å²) in [5.74, 6) is -1.88. The number of ether oxygens (including phenoxy) is 2. The molecule has 0 amide bonds. The molecule has 0 bridgehead atoms. The van der Waals surface area contributed by atoms with Gasteiger partial charge in [0, 0.05) is 0 Å². The van der Waals surface area contributed by atoms with Crippen molar-refractivity contribution in [1.29, 1.82) is 0 Å². The summed E-state index contributed by atoms with van der Waals surface area (Å²) in [4.78, 5) is 0. The van der Waals surface area contributed by atoms with E-state index in [0.29, 0.717) is 6.16 Å². The first-order chi connectivity index (χ1) is 15.1. The van der Waals surface area contributed by atoms with Crippen LogP contribution in [-0.2, 0) is 6.16 Å². The number of rotatable bonds is 7. The van der Waals surface area contributed by atoms with E-state index in [1.165, 1.54) is 0 Å². The zero-order chi connectivity index (χ0) is 21.8.